The molecule has 0 spiro atoms. The first kappa shape index (κ1) is 19.9. The van der Waals surface area contributed by atoms with Gasteiger partial charge in [0.05, 0.1) is 24.8 Å². The van der Waals surface area contributed by atoms with E-state index in [1.54, 1.807) is 0 Å². The Morgan fingerprint density at radius 3 is 2.55 bits per heavy atom. The number of ether oxygens (including phenoxy) is 1. The van der Waals surface area contributed by atoms with Crippen molar-refractivity contribution in [3.8, 4) is 0 Å². The minimum absolute atomic E-state index is 0.00768. The highest BCUT2D eigenvalue weighted by molar-refractivity contribution is 7.80. The molecule has 4 rings (SSSR count). The van der Waals surface area contributed by atoms with E-state index in [0.717, 1.165) is 16.9 Å². The number of carbonyl (C=O) groups is 1. The molecule has 7 heteroatoms. The number of hydrogen-bond acceptors (Lipinski definition) is 3. The number of halogens is 1. The van der Waals surface area contributed by atoms with Gasteiger partial charge in [-0.15, -0.1) is 0 Å². The number of nitrogens with zero attached hydrogens (tertiary/aromatic N) is 2. The Labute approximate surface area is 180 Å². The maximum Gasteiger partial charge on any atom is 0.254 e. The largest absolute Gasteiger partial charge is 0.378 e. The van der Waals surface area contributed by atoms with Gasteiger partial charge in [0.2, 0.25) is 0 Å². The third-order valence-corrected chi connectivity index (χ3v) is 5.75. The van der Waals surface area contributed by atoms with Gasteiger partial charge in [-0.3, -0.25) is 9.69 Å². The highest BCUT2D eigenvalue weighted by Gasteiger charge is 2.36. The summed E-state index contributed by atoms with van der Waals surface area (Å²) in [7, 11) is 0. The Morgan fingerprint density at radius 1 is 1.14 bits per heavy atom. The van der Waals surface area contributed by atoms with E-state index < -0.39 is 0 Å². The number of anilines is 1. The number of rotatable bonds is 3. The fourth-order valence-corrected chi connectivity index (χ4v) is 4.34. The quantitative estimate of drug-likeness (QED) is 0.752. The molecule has 1 unspecified atom stereocenters. The van der Waals surface area contributed by atoms with Crippen molar-refractivity contribution in [1.29, 1.82) is 0 Å². The summed E-state index contributed by atoms with van der Waals surface area (Å²) in [6.45, 7) is 4.20. The Balaban J connectivity index is 1.82. The third kappa shape index (κ3) is 4.01. The number of hydrogen-bond donors (Lipinski definition) is 1. The van der Waals surface area contributed by atoms with Crippen LogP contribution in [-0.2, 0) is 9.53 Å². The van der Waals surface area contributed by atoms with Crippen LogP contribution in [-0.4, -0.2) is 42.2 Å². The molecule has 1 fully saturated rings. The molecule has 5 nitrogen and oxygen atoms in total. The molecule has 150 valence electrons. The van der Waals surface area contributed by atoms with E-state index in [2.05, 4.69) is 5.32 Å². The average molecular weight is 428 g/mol. The van der Waals surface area contributed by atoms with Gasteiger partial charge in [0, 0.05) is 29.5 Å². The van der Waals surface area contributed by atoms with E-state index in [9.17, 15) is 4.79 Å². The van der Waals surface area contributed by atoms with Crippen molar-refractivity contribution in [2.75, 3.05) is 31.2 Å². The topological polar surface area (TPSA) is 44.8 Å². The number of thiocarbonyl (C=S) groups is 1. The lowest BCUT2D eigenvalue weighted by atomic mass is 9.93. The first-order chi connectivity index (χ1) is 14.1. The number of benzene rings is 2. The molecule has 0 radical (unpaired) electrons. The molecule has 1 atom stereocenters. The van der Waals surface area contributed by atoms with Crippen molar-refractivity contribution in [3.05, 3.63) is 76.5 Å². The summed E-state index contributed by atoms with van der Waals surface area (Å²) >= 11 is 11.9. The van der Waals surface area contributed by atoms with Crippen molar-refractivity contribution in [3.63, 3.8) is 0 Å². The molecule has 2 aliphatic rings. The van der Waals surface area contributed by atoms with Gasteiger partial charge < -0.3 is 15.0 Å². The van der Waals surface area contributed by atoms with Crippen molar-refractivity contribution in [2.45, 2.75) is 13.0 Å². The van der Waals surface area contributed by atoms with Gasteiger partial charge in [-0.25, -0.2) is 0 Å². The lowest BCUT2D eigenvalue weighted by Gasteiger charge is -2.40. The van der Waals surface area contributed by atoms with Gasteiger partial charge in [0.1, 0.15) is 0 Å². The van der Waals surface area contributed by atoms with Crippen LogP contribution in [0.5, 0.6) is 0 Å². The summed E-state index contributed by atoms with van der Waals surface area (Å²) in [4.78, 5) is 17.4. The summed E-state index contributed by atoms with van der Waals surface area (Å²) in [6, 6.07) is 17.0. The highest BCUT2D eigenvalue weighted by Crippen LogP contribution is 2.35. The Kier molecular flexibility index (Phi) is 5.85. The number of amides is 1. The van der Waals surface area contributed by atoms with Crippen LogP contribution in [0.15, 0.2) is 65.9 Å². The van der Waals surface area contributed by atoms with Crippen LogP contribution in [0, 0.1) is 0 Å². The van der Waals surface area contributed by atoms with Crippen molar-refractivity contribution in [1.82, 2.24) is 10.2 Å². The lowest BCUT2D eigenvalue weighted by molar-refractivity contribution is -0.131. The zero-order valence-corrected chi connectivity index (χ0v) is 17.7. The Morgan fingerprint density at radius 2 is 1.86 bits per heavy atom. The normalized spacial score (nSPS) is 19.9. The highest BCUT2D eigenvalue weighted by atomic mass is 35.5. The Bertz CT molecular complexity index is 958. The minimum Gasteiger partial charge on any atom is -0.378 e. The van der Waals surface area contributed by atoms with Crippen LogP contribution in [0.2, 0.25) is 5.02 Å². The summed E-state index contributed by atoms with van der Waals surface area (Å²) < 4.78 is 5.42. The summed E-state index contributed by atoms with van der Waals surface area (Å²) in [5.41, 5.74) is 3.32. The fourth-order valence-electron chi connectivity index (χ4n) is 3.78. The molecule has 2 heterocycles. The van der Waals surface area contributed by atoms with Gasteiger partial charge in [0.25, 0.3) is 5.91 Å². The van der Waals surface area contributed by atoms with E-state index in [0.29, 0.717) is 42.0 Å². The molecule has 0 aliphatic carbocycles. The maximum absolute atomic E-state index is 13.6. The monoisotopic (exact) mass is 427 g/mol. The van der Waals surface area contributed by atoms with Crippen LogP contribution < -0.4 is 10.2 Å². The second-order valence-electron chi connectivity index (χ2n) is 7.01. The van der Waals surface area contributed by atoms with Gasteiger partial charge in [-0.1, -0.05) is 41.9 Å². The summed E-state index contributed by atoms with van der Waals surface area (Å²) in [5, 5.41) is 4.55. The molecule has 2 aliphatic heterocycles. The Hall–Kier alpha value is -2.41. The molecule has 1 N–H and O–H groups in total. The van der Waals surface area contributed by atoms with Crippen LogP contribution in [0.1, 0.15) is 18.5 Å². The zero-order chi connectivity index (χ0) is 20.4. The second kappa shape index (κ2) is 8.53. The third-order valence-electron chi connectivity index (χ3n) is 5.21. The van der Waals surface area contributed by atoms with Gasteiger partial charge >= 0.3 is 0 Å². The molecule has 1 amide bonds. The van der Waals surface area contributed by atoms with Crippen molar-refractivity contribution >= 4 is 40.5 Å². The van der Waals surface area contributed by atoms with Gasteiger partial charge in [-0.05, 0) is 49.0 Å². The molecule has 0 saturated carbocycles. The predicted octanol–water partition coefficient (Wildman–Crippen LogP) is 3.91. The SMILES string of the molecule is CC1=C(C(=O)N2CCOCC2)C(c2cccc(Cl)c2)NC(=S)N1c1ccccc1. The van der Waals surface area contributed by atoms with Gasteiger partial charge in [-0.2, -0.15) is 0 Å². The lowest BCUT2D eigenvalue weighted by Crippen LogP contribution is -2.51. The standard InChI is InChI=1S/C22H22ClN3O2S/c1-15-19(21(27)25-10-12-28-13-11-25)20(16-6-5-7-17(23)14-16)24-22(29)26(15)18-8-3-2-4-9-18/h2-9,14,20H,10-13H2,1H3,(H,24,29). The minimum atomic E-state index is -0.364. The predicted molar refractivity (Wildman–Crippen MR) is 119 cm³/mol. The second-order valence-corrected chi connectivity index (χ2v) is 7.84. The van der Waals surface area contributed by atoms with E-state index >= 15 is 0 Å². The number of para-hydroxylation sites is 1. The summed E-state index contributed by atoms with van der Waals surface area (Å²) in [5.74, 6) is -0.00768. The first-order valence-corrected chi connectivity index (χ1v) is 10.3. The van der Waals surface area contributed by atoms with E-state index in [-0.39, 0.29) is 11.9 Å². The van der Waals surface area contributed by atoms with Crippen LogP contribution in [0.3, 0.4) is 0 Å². The zero-order valence-electron chi connectivity index (χ0n) is 16.1. The first-order valence-electron chi connectivity index (χ1n) is 9.55. The van der Waals surface area contributed by atoms with Crippen LogP contribution in [0.25, 0.3) is 0 Å². The van der Waals surface area contributed by atoms with Crippen LogP contribution in [0.4, 0.5) is 5.69 Å². The van der Waals surface area contributed by atoms with Gasteiger partial charge in [0.15, 0.2) is 5.11 Å². The van der Waals surface area contributed by atoms with E-state index in [1.165, 1.54) is 0 Å². The number of allylic oxidation sites excluding steroid dienone is 1. The van der Waals surface area contributed by atoms with E-state index in [4.69, 9.17) is 28.6 Å². The number of carbonyl (C=O) groups excluding carboxylic acids is 1. The molecular formula is C22H22ClN3O2S. The van der Waals surface area contributed by atoms with E-state index in [1.807, 2.05) is 71.3 Å². The van der Waals surface area contributed by atoms with Crippen molar-refractivity contribution < 1.29 is 9.53 Å². The molecule has 2 aromatic rings. The number of morpholine rings is 1. The molecule has 0 aromatic heterocycles. The molecular weight excluding hydrogens is 406 g/mol. The fraction of sp³-hybridized carbons (Fsp3) is 0.273. The number of nitrogens with one attached hydrogen (secondary N) is 1. The molecule has 2 aromatic carbocycles. The molecule has 29 heavy (non-hydrogen) atoms. The molecule has 0 bridgehead atoms. The van der Waals surface area contributed by atoms with Crippen molar-refractivity contribution in [2.24, 2.45) is 0 Å². The van der Waals surface area contributed by atoms with Crippen LogP contribution >= 0.6 is 23.8 Å². The maximum atomic E-state index is 13.6. The average Bonchev–Trinajstić information content (AvgIpc) is 2.74. The smallest absolute Gasteiger partial charge is 0.254 e. The molecule has 1 saturated heterocycles. The summed E-state index contributed by atoms with van der Waals surface area (Å²) in [6.07, 6.45) is 0.